The number of rotatable bonds is 7. The van der Waals surface area contributed by atoms with Crippen LogP contribution in [0.25, 0.3) is 0 Å². The molecular formula is C22H26N6OS. The van der Waals surface area contributed by atoms with E-state index in [1.54, 1.807) is 0 Å². The topological polar surface area (TPSA) is 106 Å². The quantitative estimate of drug-likeness (QED) is 0.513. The molecule has 156 valence electrons. The standard InChI is InChI=1S/C22H26N6OS/c1-13-10-14(2)19(15(3)11-13)25-18(29)12-30-16(4)20-26-21(23)28-22(27-20)24-17-8-6-5-7-9-17/h5-11,16H,12H2,1-4H3,(H,25,29)(H3,23,24,26,27,28)/t16-/m1/s1. The number of carbonyl (C=O) groups excluding carboxylic acids is 1. The molecule has 8 heteroatoms. The average Bonchev–Trinajstić information content (AvgIpc) is 2.69. The maximum absolute atomic E-state index is 12.5. The molecular weight excluding hydrogens is 396 g/mol. The SMILES string of the molecule is Cc1cc(C)c(NC(=O)CS[C@H](C)c2nc(N)nc(Nc3ccccc3)n2)c(C)c1. The number of hydrogen-bond donors (Lipinski definition) is 3. The molecule has 1 atom stereocenters. The molecule has 2 aromatic carbocycles. The van der Waals surface area contributed by atoms with Crippen molar-refractivity contribution in [2.75, 3.05) is 22.1 Å². The summed E-state index contributed by atoms with van der Waals surface area (Å²) in [6.07, 6.45) is 0. The highest BCUT2D eigenvalue weighted by Gasteiger charge is 2.16. The Bertz CT molecular complexity index is 1020. The third-order valence-electron chi connectivity index (χ3n) is 4.47. The van der Waals surface area contributed by atoms with Gasteiger partial charge in [0.05, 0.1) is 11.0 Å². The minimum atomic E-state index is -0.127. The van der Waals surface area contributed by atoms with Crippen molar-refractivity contribution < 1.29 is 4.79 Å². The number of nitrogens with two attached hydrogens (primary N) is 1. The van der Waals surface area contributed by atoms with Gasteiger partial charge >= 0.3 is 0 Å². The highest BCUT2D eigenvalue weighted by molar-refractivity contribution is 8.00. The number of nitrogens with zero attached hydrogens (tertiary/aromatic N) is 3. The van der Waals surface area contributed by atoms with E-state index in [1.165, 1.54) is 17.3 Å². The highest BCUT2D eigenvalue weighted by atomic mass is 32.2. The summed E-state index contributed by atoms with van der Waals surface area (Å²) in [5.74, 6) is 1.27. The fourth-order valence-corrected chi connectivity index (χ4v) is 3.85. The molecule has 1 heterocycles. The summed E-state index contributed by atoms with van der Waals surface area (Å²) in [5, 5.41) is 6.01. The van der Waals surface area contributed by atoms with Crippen molar-refractivity contribution in [2.24, 2.45) is 0 Å². The molecule has 0 aliphatic heterocycles. The second-order valence-corrected chi connectivity index (χ2v) is 8.47. The van der Waals surface area contributed by atoms with Gasteiger partial charge in [0, 0.05) is 11.4 Å². The average molecular weight is 423 g/mol. The van der Waals surface area contributed by atoms with Crippen LogP contribution in [0.3, 0.4) is 0 Å². The third kappa shape index (κ3) is 5.70. The minimum absolute atomic E-state index is 0.0634. The predicted molar refractivity (Wildman–Crippen MR) is 124 cm³/mol. The monoisotopic (exact) mass is 422 g/mol. The van der Waals surface area contributed by atoms with Crippen LogP contribution < -0.4 is 16.4 Å². The zero-order valence-electron chi connectivity index (χ0n) is 17.6. The first-order valence-electron chi connectivity index (χ1n) is 9.64. The van der Waals surface area contributed by atoms with Gasteiger partial charge in [0.25, 0.3) is 0 Å². The van der Waals surface area contributed by atoms with Gasteiger partial charge < -0.3 is 16.4 Å². The van der Waals surface area contributed by atoms with Crippen molar-refractivity contribution >= 4 is 40.9 Å². The molecule has 1 amide bonds. The zero-order valence-corrected chi connectivity index (χ0v) is 18.4. The van der Waals surface area contributed by atoms with Gasteiger partial charge in [-0.2, -0.15) is 15.0 Å². The predicted octanol–water partition coefficient (Wildman–Crippen LogP) is 4.56. The van der Waals surface area contributed by atoms with Gasteiger partial charge in [-0.25, -0.2) is 0 Å². The number of thioether (sulfide) groups is 1. The second kappa shape index (κ2) is 9.58. The van der Waals surface area contributed by atoms with E-state index >= 15 is 0 Å². The number of nitrogens with one attached hydrogen (secondary N) is 2. The largest absolute Gasteiger partial charge is 0.368 e. The van der Waals surface area contributed by atoms with Crippen LogP contribution in [0, 0.1) is 20.8 Å². The Labute approximate surface area is 180 Å². The summed E-state index contributed by atoms with van der Waals surface area (Å²) in [6.45, 7) is 7.99. The van der Waals surface area contributed by atoms with E-state index in [2.05, 4.69) is 37.7 Å². The van der Waals surface area contributed by atoms with Crippen molar-refractivity contribution in [3.63, 3.8) is 0 Å². The van der Waals surface area contributed by atoms with Gasteiger partial charge in [-0.15, -0.1) is 11.8 Å². The molecule has 0 saturated heterocycles. The second-order valence-electron chi connectivity index (χ2n) is 7.14. The third-order valence-corrected chi connectivity index (χ3v) is 5.61. The first-order valence-corrected chi connectivity index (χ1v) is 10.7. The van der Waals surface area contributed by atoms with Gasteiger partial charge in [0.1, 0.15) is 5.82 Å². The van der Waals surface area contributed by atoms with Crippen molar-refractivity contribution in [3.8, 4) is 0 Å². The Morgan fingerprint density at radius 2 is 1.73 bits per heavy atom. The van der Waals surface area contributed by atoms with E-state index in [1.807, 2.05) is 58.0 Å². The molecule has 0 unspecified atom stereocenters. The molecule has 0 saturated carbocycles. The Morgan fingerprint density at radius 1 is 1.07 bits per heavy atom. The van der Waals surface area contributed by atoms with Crippen molar-refractivity contribution in [3.05, 3.63) is 65.0 Å². The van der Waals surface area contributed by atoms with E-state index in [0.717, 1.165) is 22.5 Å². The zero-order chi connectivity index (χ0) is 21.7. The Kier molecular flexibility index (Phi) is 6.89. The molecule has 3 rings (SSSR count). The van der Waals surface area contributed by atoms with Gasteiger partial charge in [-0.3, -0.25) is 4.79 Å². The molecule has 4 N–H and O–H groups in total. The Hall–Kier alpha value is -3.13. The lowest BCUT2D eigenvalue weighted by Crippen LogP contribution is -2.17. The number of aromatic nitrogens is 3. The smallest absolute Gasteiger partial charge is 0.234 e. The van der Waals surface area contributed by atoms with Crippen molar-refractivity contribution in [1.29, 1.82) is 0 Å². The van der Waals surface area contributed by atoms with E-state index in [-0.39, 0.29) is 22.9 Å². The van der Waals surface area contributed by atoms with Crippen LogP contribution in [0.4, 0.5) is 23.3 Å². The Balaban J connectivity index is 1.63. The van der Waals surface area contributed by atoms with Crippen LogP contribution in [0.15, 0.2) is 42.5 Å². The number of amides is 1. The summed E-state index contributed by atoms with van der Waals surface area (Å²) in [5.41, 5.74) is 10.9. The number of aryl methyl sites for hydroxylation is 3. The molecule has 0 spiro atoms. The van der Waals surface area contributed by atoms with Crippen LogP contribution in [0.2, 0.25) is 0 Å². The lowest BCUT2D eigenvalue weighted by atomic mass is 10.1. The molecule has 0 aliphatic rings. The van der Waals surface area contributed by atoms with Crippen LogP contribution in [0.1, 0.15) is 34.7 Å². The van der Waals surface area contributed by atoms with Gasteiger partial charge in [0.2, 0.25) is 17.8 Å². The van der Waals surface area contributed by atoms with Gasteiger partial charge in [-0.1, -0.05) is 35.9 Å². The number of nitrogen functional groups attached to an aromatic ring is 1. The van der Waals surface area contributed by atoms with E-state index < -0.39 is 0 Å². The summed E-state index contributed by atoms with van der Waals surface area (Å²) < 4.78 is 0. The fraction of sp³-hybridized carbons (Fsp3) is 0.273. The molecule has 7 nitrogen and oxygen atoms in total. The first kappa shape index (κ1) is 21.6. The number of para-hydroxylation sites is 1. The van der Waals surface area contributed by atoms with Gasteiger partial charge in [-0.05, 0) is 51.0 Å². The number of carbonyl (C=O) groups is 1. The van der Waals surface area contributed by atoms with Gasteiger partial charge in [0.15, 0.2) is 0 Å². The summed E-state index contributed by atoms with van der Waals surface area (Å²) in [6, 6.07) is 13.7. The molecule has 3 aromatic rings. The van der Waals surface area contributed by atoms with Crippen LogP contribution in [0.5, 0.6) is 0 Å². The summed E-state index contributed by atoms with van der Waals surface area (Å²) in [7, 11) is 0. The molecule has 0 radical (unpaired) electrons. The van der Waals surface area contributed by atoms with E-state index in [0.29, 0.717) is 11.8 Å². The van der Waals surface area contributed by atoms with Crippen molar-refractivity contribution in [2.45, 2.75) is 32.9 Å². The maximum atomic E-state index is 12.5. The van der Waals surface area contributed by atoms with Crippen LogP contribution in [-0.2, 0) is 4.79 Å². The van der Waals surface area contributed by atoms with Crippen LogP contribution in [-0.4, -0.2) is 26.6 Å². The molecule has 0 bridgehead atoms. The van der Waals surface area contributed by atoms with E-state index in [4.69, 9.17) is 5.73 Å². The molecule has 1 aromatic heterocycles. The minimum Gasteiger partial charge on any atom is -0.368 e. The number of hydrogen-bond acceptors (Lipinski definition) is 7. The van der Waals surface area contributed by atoms with Crippen molar-refractivity contribution in [1.82, 2.24) is 15.0 Å². The van der Waals surface area contributed by atoms with E-state index in [9.17, 15) is 4.79 Å². The first-order chi connectivity index (χ1) is 14.3. The molecule has 30 heavy (non-hydrogen) atoms. The Morgan fingerprint density at radius 3 is 2.40 bits per heavy atom. The maximum Gasteiger partial charge on any atom is 0.234 e. The number of benzene rings is 2. The van der Waals surface area contributed by atoms with Crippen LogP contribution >= 0.6 is 11.8 Å². The summed E-state index contributed by atoms with van der Waals surface area (Å²) >= 11 is 1.45. The molecule has 0 aliphatic carbocycles. The molecule has 0 fully saturated rings. The lowest BCUT2D eigenvalue weighted by Gasteiger charge is -2.14. The normalized spacial score (nSPS) is 11.7. The summed E-state index contributed by atoms with van der Waals surface area (Å²) in [4.78, 5) is 25.3. The number of anilines is 4. The highest BCUT2D eigenvalue weighted by Crippen LogP contribution is 2.28. The lowest BCUT2D eigenvalue weighted by molar-refractivity contribution is -0.113. The fourth-order valence-electron chi connectivity index (χ4n) is 3.13.